The Balaban J connectivity index is 0.000000169. The van der Waals surface area contributed by atoms with Crippen molar-refractivity contribution < 1.29 is 19.4 Å². The second-order valence-corrected chi connectivity index (χ2v) is 7.74. The van der Waals surface area contributed by atoms with Crippen molar-refractivity contribution in [2.75, 3.05) is 19.6 Å². The number of aromatic nitrogens is 1. The smallest absolute Gasteiger partial charge is 0.404 e. The summed E-state index contributed by atoms with van der Waals surface area (Å²) in [5.74, 6) is 0.815. The predicted octanol–water partition coefficient (Wildman–Crippen LogP) is 2.78. The summed E-state index contributed by atoms with van der Waals surface area (Å²) in [6.07, 6.45) is 6.36. The molecule has 0 spiro atoms. The molecule has 2 aliphatic heterocycles. The van der Waals surface area contributed by atoms with Crippen LogP contribution in [-0.4, -0.2) is 59.1 Å². The molecule has 2 aliphatic rings. The lowest BCUT2D eigenvalue weighted by atomic mass is 10.1. The number of carbonyl (C=O) groups is 1. The fraction of sp³-hybridized carbons (Fsp3) is 0.545. The van der Waals surface area contributed by atoms with Gasteiger partial charge in [0.15, 0.2) is 12.2 Å². The molecule has 4 rings (SSSR count). The lowest BCUT2D eigenvalue weighted by molar-refractivity contribution is 0.194. The van der Waals surface area contributed by atoms with Crippen LogP contribution in [0.1, 0.15) is 38.2 Å². The highest BCUT2D eigenvalue weighted by Crippen LogP contribution is 2.18. The highest BCUT2D eigenvalue weighted by molar-refractivity contribution is 5.64. The molecule has 2 saturated heterocycles. The van der Waals surface area contributed by atoms with Gasteiger partial charge >= 0.3 is 6.09 Å². The average Bonchev–Trinajstić information content (AvgIpc) is 3.47. The molecule has 0 saturated carbocycles. The number of hydrogen-bond acceptors (Lipinski definition) is 6. The number of benzene rings is 1. The zero-order valence-corrected chi connectivity index (χ0v) is 17.8. The second-order valence-electron chi connectivity index (χ2n) is 7.74. The monoisotopic (exact) mass is 418 g/mol. The van der Waals surface area contributed by atoms with Crippen LogP contribution in [0.2, 0.25) is 0 Å². The van der Waals surface area contributed by atoms with Crippen LogP contribution in [0.25, 0.3) is 11.3 Å². The minimum atomic E-state index is -0.930. The molecular weight excluding hydrogens is 384 g/mol. The number of aliphatic hydroxyl groups excluding tert-OH is 1. The number of hydrogen-bond donors (Lipinski definition) is 5. The first kappa shape index (κ1) is 23.9. The van der Waals surface area contributed by atoms with Gasteiger partial charge in [-0.2, -0.15) is 0 Å². The van der Waals surface area contributed by atoms with Gasteiger partial charge in [-0.1, -0.05) is 29.8 Å². The summed E-state index contributed by atoms with van der Waals surface area (Å²) in [6, 6.07) is 9.26. The fourth-order valence-corrected chi connectivity index (χ4v) is 3.32. The standard InChI is InChI=1S/C10H9NO.C8H16N2O2.C4H9NO/c1-8-2-4-9(5-3-8)10-6-11-7-12-10;1-6-2-3-7(10-6)4-5-9-8(11)12;6-4-1-2-5-3-4/h2-7H,1H3;6-7,9-10H,2-5H2,1H3,(H,11,12);4-6H,1-3H2. The summed E-state index contributed by atoms with van der Waals surface area (Å²) < 4.78 is 5.15. The quantitative estimate of drug-likeness (QED) is 0.518. The SMILES string of the molecule is CC1CCC(CCNC(=O)O)N1.Cc1ccc(-c2cnco2)cc1.OC1CCNC1. The molecule has 3 heterocycles. The minimum Gasteiger partial charge on any atom is -0.465 e. The van der Waals surface area contributed by atoms with E-state index in [2.05, 4.69) is 46.9 Å². The first-order chi connectivity index (χ1) is 14.4. The number of aliphatic hydroxyl groups is 1. The van der Waals surface area contributed by atoms with Gasteiger partial charge < -0.3 is 30.6 Å². The summed E-state index contributed by atoms with van der Waals surface area (Å²) in [5, 5.41) is 25.8. The molecule has 2 fully saturated rings. The number of nitrogens with zero attached hydrogens (tertiary/aromatic N) is 1. The Morgan fingerprint density at radius 2 is 2.03 bits per heavy atom. The van der Waals surface area contributed by atoms with E-state index in [0.29, 0.717) is 18.6 Å². The summed E-state index contributed by atoms with van der Waals surface area (Å²) >= 11 is 0. The predicted molar refractivity (Wildman–Crippen MR) is 116 cm³/mol. The van der Waals surface area contributed by atoms with Gasteiger partial charge in [0, 0.05) is 30.7 Å². The van der Waals surface area contributed by atoms with Gasteiger partial charge in [0.25, 0.3) is 0 Å². The van der Waals surface area contributed by atoms with E-state index >= 15 is 0 Å². The van der Waals surface area contributed by atoms with Crippen molar-refractivity contribution in [3.05, 3.63) is 42.4 Å². The van der Waals surface area contributed by atoms with Gasteiger partial charge in [0.1, 0.15) is 0 Å². The molecular formula is C22H34N4O4. The van der Waals surface area contributed by atoms with Crippen LogP contribution in [0.3, 0.4) is 0 Å². The van der Waals surface area contributed by atoms with Gasteiger partial charge in [-0.05, 0) is 46.1 Å². The lowest BCUT2D eigenvalue weighted by Crippen LogP contribution is -2.32. The normalized spacial score (nSPS) is 22.4. The topological polar surface area (TPSA) is 120 Å². The summed E-state index contributed by atoms with van der Waals surface area (Å²) in [4.78, 5) is 14.0. The van der Waals surface area contributed by atoms with E-state index < -0.39 is 6.09 Å². The van der Waals surface area contributed by atoms with Crippen molar-refractivity contribution in [1.29, 1.82) is 0 Å². The summed E-state index contributed by atoms with van der Waals surface area (Å²) in [7, 11) is 0. The molecule has 5 N–H and O–H groups in total. The van der Waals surface area contributed by atoms with Gasteiger partial charge in [0.05, 0.1) is 12.3 Å². The number of β-amino-alcohol motifs (C(OH)–C–C–N with tert-alkyl or cyclic N) is 1. The zero-order chi connectivity index (χ0) is 21.8. The van der Waals surface area contributed by atoms with Crippen LogP contribution >= 0.6 is 0 Å². The third-order valence-electron chi connectivity index (χ3n) is 5.04. The van der Waals surface area contributed by atoms with Gasteiger partial charge in [-0.25, -0.2) is 9.78 Å². The number of amides is 1. The van der Waals surface area contributed by atoms with E-state index in [0.717, 1.165) is 37.3 Å². The van der Waals surface area contributed by atoms with E-state index in [1.54, 1.807) is 6.20 Å². The zero-order valence-electron chi connectivity index (χ0n) is 17.8. The fourth-order valence-electron chi connectivity index (χ4n) is 3.32. The molecule has 0 aliphatic carbocycles. The third-order valence-corrected chi connectivity index (χ3v) is 5.04. The number of aryl methyl sites for hydroxylation is 1. The van der Waals surface area contributed by atoms with Crippen LogP contribution in [0.15, 0.2) is 41.3 Å². The van der Waals surface area contributed by atoms with E-state index in [-0.39, 0.29) is 6.10 Å². The average molecular weight is 419 g/mol. The molecule has 2 aromatic rings. The Labute approximate surface area is 178 Å². The maximum Gasteiger partial charge on any atom is 0.404 e. The van der Waals surface area contributed by atoms with Crippen molar-refractivity contribution in [2.24, 2.45) is 0 Å². The van der Waals surface area contributed by atoms with Crippen LogP contribution in [0.4, 0.5) is 4.79 Å². The molecule has 8 nitrogen and oxygen atoms in total. The molecule has 1 aromatic carbocycles. The largest absolute Gasteiger partial charge is 0.465 e. The molecule has 0 bridgehead atoms. The van der Waals surface area contributed by atoms with Crippen molar-refractivity contribution >= 4 is 6.09 Å². The molecule has 0 radical (unpaired) electrons. The van der Waals surface area contributed by atoms with E-state index in [4.69, 9.17) is 14.6 Å². The highest BCUT2D eigenvalue weighted by atomic mass is 16.4. The number of oxazole rings is 1. The van der Waals surface area contributed by atoms with E-state index in [1.807, 2.05) is 12.1 Å². The molecule has 30 heavy (non-hydrogen) atoms. The van der Waals surface area contributed by atoms with Crippen molar-refractivity contribution in [3.63, 3.8) is 0 Å². The maximum absolute atomic E-state index is 10.1. The van der Waals surface area contributed by atoms with Crippen molar-refractivity contribution in [1.82, 2.24) is 20.9 Å². The highest BCUT2D eigenvalue weighted by Gasteiger charge is 2.19. The maximum atomic E-state index is 10.1. The molecule has 1 amide bonds. The Hall–Kier alpha value is -2.42. The Morgan fingerprint density at radius 1 is 1.27 bits per heavy atom. The number of nitrogens with one attached hydrogen (secondary N) is 3. The van der Waals surface area contributed by atoms with Crippen LogP contribution < -0.4 is 16.0 Å². The van der Waals surface area contributed by atoms with Crippen molar-refractivity contribution in [2.45, 2.75) is 57.7 Å². The molecule has 3 unspecified atom stereocenters. The molecule has 1 aromatic heterocycles. The first-order valence-electron chi connectivity index (χ1n) is 10.5. The molecule has 8 heteroatoms. The molecule has 166 valence electrons. The van der Waals surface area contributed by atoms with E-state index in [9.17, 15) is 4.79 Å². The second kappa shape index (κ2) is 13.0. The van der Waals surface area contributed by atoms with Gasteiger partial charge in [-0.3, -0.25) is 0 Å². The third kappa shape index (κ3) is 9.39. The Bertz CT molecular complexity index is 715. The first-order valence-corrected chi connectivity index (χ1v) is 10.5. The van der Waals surface area contributed by atoms with Crippen LogP contribution in [0.5, 0.6) is 0 Å². The van der Waals surface area contributed by atoms with Crippen molar-refractivity contribution in [3.8, 4) is 11.3 Å². The lowest BCUT2D eigenvalue weighted by Gasteiger charge is -2.10. The summed E-state index contributed by atoms with van der Waals surface area (Å²) in [6.45, 7) is 6.55. The van der Waals surface area contributed by atoms with Crippen LogP contribution in [-0.2, 0) is 0 Å². The Morgan fingerprint density at radius 3 is 2.50 bits per heavy atom. The Kier molecular flexibility index (Phi) is 10.3. The van der Waals surface area contributed by atoms with Crippen LogP contribution in [0, 0.1) is 6.92 Å². The van der Waals surface area contributed by atoms with Gasteiger partial charge in [0.2, 0.25) is 0 Å². The number of rotatable bonds is 4. The molecule has 3 atom stereocenters. The number of carboxylic acid groups (broad SMARTS) is 1. The van der Waals surface area contributed by atoms with E-state index in [1.165, 1.54) is 24.8 Å². The van der Waals surface area contributed by atoms with Gasteiger partial charge in [-0.15, -0.1) is 0 Å². The minimum absolute atomic E-state index is 0.0648. The summed E-state index contributed by atoms with van der Waals surface area (Å²) in [5.41, 5.74) is 2.32.